The lowest BCUT2D eigenvalue weighted by atomic mass is 10.1. The zero-order valence-corrected chi connectivity index (χ0v) is 6.21. The van der Waals surface area contributed by atoms with Crippen LogP contribution in [-0.4, -0.2) is 6.54 Å². The molecule has 56 valence electrons. The van der Waals surface area contributed by atoms with E-state index < -0.39 is 0 Å². The standard InChI is InChI=1S/C8H13NO/c1-7(6-9)5-8-3-2-4-10-8/h2-4,7H,5-6,9H2,1H3. The van der Waals surface area contributed by atoms with Crippen molar-refractivity contribution in [3.63, 3.8) is 0 Å². The van der Waals surface area contributed by atoms with Crippen molar-refractivity contribution in [1.29, 1.82) is 0 Å². The third-order valence-electron chi connectivity index (χ3n) is 1.53. The van der Waals surface area contributed by atoms with E-state index in [1.165, 1.54) is 0 Å². The Balaban J connectivity index is 2.40. The van der Waals surface area contributed by atoms with Crippen molar-refractivity contribution in [1.82, 2.24) is 0 Å². The van der Waals surface area contributed by atoms with Crippen molar-refractivity contribution in [2.24, 2.45) is 11.7 Å². The maximum atomic E-state index is 5.45. The Hall–Kier alpha value is -0.760. The van der Waals surface area contributed by atoms with Gasteiger partial charge in [0.2, 0.25) is 0 Å². The molecule has 1 unspecified atom stereocenters. The molecule has 0 fully saturated rings. The van der Waals surface area contributed by atoms with E-state index in [0.29, 0.717) is 5.92 Å². The Morgan fingerprint density at radius 2 is 2.50 bits per heavy atom. The molecule has 1 aromatic heterocycles. The van der Waals surface area contributed by atoms with E-state index >= 15 is 0 Å². The number of hydrogen-bond donors (Lipinski definition) is 1. The summed E-state index contributed by atoms with van der Waals surface area (Å²) in [5, 5.41) is 0. The molecule has 2 heteroatoms. The lowest BCUT2D eigenvalue weighted by Crippen LogP contribution is -2.12. The molecule has 1 rings (SSSR count). The highest BCUT2D eigenvalue weighted by Crippen LogP contribution is 2.06. The molecule has 2 N–H and O–H groups in total. The Morgan fingerprint density at radius 1 is 1.70 bits per heavy atom. The van der Waals surface area contributed by atoms with Gasteiger partial charge < -0.3 is 10.2 Å². The van der Waals surface area contributed by atoms with Crippen LogP contribution in [0.4, 0.5) is 0 Å². The number of rotatable bonds is 3. The molecule has 1 heterocycles. The van der Waals surface area contributed by atoms with E-state index in [1.807, 2.05) is 12.1 Å². The van der Waals surface area contributed by atoms with Gasteiger partial charge in [0.25, 0.3) is 0 Å². The van der Waals surface area contributed by atoms with Crippen LogP contribution in [0, 0.1) is 5.92 Å². The van der Waals surface area contributed by atoms with Gasteiger partial charge in [0, 0.05) is 6.42 Å². The molecular weight excluding hydrogens is 126 g/mol. The molecule has 0 radical (unpaired) electrons. The molecular formula is C8H13NO. The van der Waals surface area contributed by atoms with E-state index in [-0.39, 0.29) is 0 Å². The topological polar surface area (TPSA) is 39.2 Å². The zero-order valence-electron chi connectivity index (χ0n) is 6.21. The summed E-state index contributed by atoms with van der Waals surface area (Å²) in [6.07, 6.45) is 2.64. The second-order valence-corrected chi connectivity index (χ2v) is 2.62. The van der Waals surface area contributed by atoms with Gasteiger partial charge in [0.05, 0.1) is 6.26 Å². The van der Waals surface area contributed by atoms with Gasteiger partial charge in [-0.3, -0.25) is 0 Å². The smallest absolute Gasteiger partial charge is 0.104 e. The minimum Gasteiger partial charge on any atom is -0.469 e. The van der Waals surface area contributed by atoms with Crippen LogP contribution in [0.5, 0.6) is 0 Å². The fourth-order valence-electron chi connectivity index (χ4n) is 0.856. The van der Waals surface area contributed by atoms with Crippen molar-refractivity contribution < 1.29 is 4.42 Å². The van der Waals surface area contributed by atoms with Crippen molar-refractivity contribution >= 4 is 0 Å². The minimum atomic E-state index is 0.520. The van der Waals surface area contributed by atoms with Gasteiger partial charge in [-0.25, -0.2) is 0 Å². The Bertz CT molecular complexity index is 169. The molecule has 0 aliphatic heterocycles. The van der Waals surface area contributed by atoms with E-state index in [4.69, 9.17) is 10.2 Å². The average molecular weight is 139 g/mol. The Kier molecular flexibility index (Phi) is 2.51. The zero-order chi connectivity index (χ0) is 7.40. The monoisotopic (exact) mass is 139 g/mol. The summed E-state index contributed by atoms with van der Waals surface area (Å²) < 4.78 is 5.15. The van der Waals surface area contributed by atoms with Gasteiger partial charge >= 0.3 is 0 Å². The molecule has 2 nitrogen and oxygen atoms in total. The van der Waals surface area contributed by atoms with Crippen LogP contribution in [0.1, 0.15) is 12.7 Å². The first-order valence-corrected chi connectivity index (χ1v) is 3.55. The van der Waals surface area contributed by atoms with Crippen molar-refractivity contribution in [3.8, 4) is 0 Å². The summed E-state index contributed by atoms with van der Waals surface area (Å²) in [4.78, 5) is 0. The summed E-state index contributed by atoms with van der Waals surface area (Å²) in [6.45, 7) is 2.84. The van der Waals surface area contributed by atoms with Crippen LogP contribution in [0.25, 0.3) is 0 Å². The van der Waals surface area contributed by atoms with Crippen molar-refractivity contribution in [3.05, 3.63) is 24.2 Å². The lowest BCUT2D eigenvalue weighted by Gasteiger charge is -2.03. The second-order valence-electron chi connectivity index (χ2n) is 2.62. The summed E-state index contributed by atoms with van der Waals surface area (Å²) in [7, 11) is 0. The second kappa shape index (κ2) is 3.42. The van der Waals surface area contributed by atoms with Gasteiger partial charge in [-0.2, -0.15) is 0 Å². The fourth-order valence-corrected chi connectivity index (χ4v) is 0.856. The maximum absolute atomic E-state index is 5.45. The first kappa shape index (κ1) is 7.35. The van der Waals surface area contributed by atoms with E-state index in [9.17, 15) is 0 Å². The van der Waals surface area contributed by atoms with E-state index in [0.717, 1.165) is 18.7 Å². The molecule has 0 amide bonds. The molecule has 0 spiro atoms. The van der Waals surface area contributed by atoms with Crippen LogP contribution >= 0.6 is 0 Å². The first-order valence-electron chi connectivity index (χ1n) is 3.55. The van der Waals surface area contributed by atoms with Crippen molar-refractivity contribution in [2.75, 3.05) is 6.54 Å². The summed E-state index contributed by atoms with van der Waals surface area (Å²) in [5.74, 6) is 1.55. The number of furan rings is 1. The Labute approximate surface area is 61.0 Å². The van der Waals surface area contributed by atoms with Crippen LogP contribution < -0.4 is 5.73 Å². The molecule has 0 saturated carbocycles. The van der Waals surface area contributed by atoms with E-state index in [1.54, 1.807) is 6.26 Å². The van der Waals surface area contributed by atoms with Gasteiger partial charge in [-0.05, 0) is 24.6 Å². The fraction of sp³-hybridized carbons (Fsp3) is 0.500. The largest absolute Gasteiger partial charge is 0.469 e. The summed E-state index contributed by atoms with van der Waals surface area (Å²) in [5.41, 5.74) is 5.45. The number of hydrogen-bond acceptors (Lipinski definition) is 2. The molecule has 0 saturated heterocycles. The predicted molar refractivity (Wildman–Crippen MR) is 40.6 cm³/mol. The van der Waals surface area contributed by atoms with Gasteiger partial charge in [-0.15, -0.1) is 0 Å². The third kappa shape index (κ3) is 1.88. The summed E-state index contributed by atoms with van der Waals surface area (Å²) in [6, 6.07) is 3.88. The maximum Gasteiger partial charge on any atom is 0.104 e. The molecule has 0 aromatic carbocycles. The molecule has 0 aliphatic carbocycles. The molecule has 1 atom stereocenters. The lowest BCUT2D eigenvalue weighted by molar-refractivity contribution is 0.461. The molecule has 0 aliphatic rings. The predicted octanol–water partition coefficient (Wildman–Crippen LogP) is 1.42. The molecule has 1 aromatic rings. The van der Waals surface area contributed by atoms with Crippen molar-refractivity contribution in [2.45, 2.75) is 13.3 Å². The van der Waals surface area contributed by atoms with Crippen LogP contribution in [0.2, 0.25) is 0 Å². The van der Waals surface area contributed by atoms with Crippen LogP contribution in [-0.2, 0) is 6.42 Å². The van der Waals surface area contributed by atoms with Gasteiger partial charge in [0.15, 0.2) is 0 Å². The van der Waals surface area contributed by atoms with Crippen LogP contribution in [0.15, 0.2) is 22.8 Å². The van der Waals surface area contributed by atoms with Gasteiger partial charge in [-0.1, -0.05) is 6.92 Å². The highest BCUT2D eigenvalue weighted by atomic mass is 16.3. The Morgan fingerprint density at radius 3 is 3.00 bits per heavy atom. The van der Waals surface area contributed by atoms with E-state index in [2.05, 4.69) is 6.92 Å². The number of nitrogens with two attached hydrogens (primary N) is 1. The average Bonchev–Trinajstić information content (AvgIpc) is 2.40. The SMILES string of the molecule is CC(CN)Cc1ccco1. The normalized spacial score (nSPS) is 13.4. The summed E-state index contributed by atoms with van der Waals surface area (Å²) >= 11 is 0. The minimum absolute atomic E-state index is 0.520. The quantitative estimate of drug-likeness (QED) is 0.687. The highest BCUT2D eigenvalue weighted by molar-refractivity contribution is 4.98. The van der Waals surface area contributed by atoms with Gasteiger partial charge in [0.1, 0.15) is 5.76 Å². The molecule has 0 bridgehead atoms. The molecule has 10 heavy (non-hydrogen) atoms. The first-order chi connectivity index (χ1) is 4.83. The third-order valence-corrected chi connectivity index (χ3v) is 1.53. The van der Waals surface area contributed by atoms with Crippen LogP contribution in [0.3, 0.4) is 0 Å². The highest BCUT2D eigenvalue weighted by Gasteiger charge is 2.01.